The Hall–Kier alpha value is -2.44. The molecule has 0 unspecified atom stereocenters. The first kappa shape index (κ1) is 17.0. The highest BCUT2D eigenvalue weighted by Crippen LogP contribution is 2.33. The summed E-state index contributed by atoms with van der Waals surface area (Å²) in [5.74, 6) is 0.283. The van der Waals surface area contributed by atoms with Crippen molar-refractivity contribution in [3.05, 3.63) is 64.5 Å². The molecule has 1 saturated heterocycles. The zero-order valence-electron chi connectivity index (χ0n) is 14.3. The fourth-order valence-corrected chi connectivity index (χ4v) is 4.31. The second kappa shape index (κ2) is 7.43. The molecule has 1 atom stereocenters. The molecule has 0 radical (unpaired) electrons. The molecule has 1 aromatic carbocycles. The van der Waals surface area contributed by atoms with Crippen LogP contribution in [-0.2, 0) is 0 Å². The largest absolute Gasteiger partial charge is 0.387 e. The van der Waals surface area contributed by atoms with Crippen molar-refractivity contribution in [3.63, 3.8) is 0 Å². The number of aromatic amines is 1. The van der Waals surface area contributed by atoms with E-state index in [1.54, 1.807) is 17.5 Å². The van der Waals surface area contributed by atoms with E-state index in [0.717, 1.165) is 29.0 Å². The van der Waals surface area contributed by atoms with E-state index < -0.39 is 6.10 Å². The van der Waals surface area contributed by atoms with Crippen LogP contribution < -0.4 is 0 Å². The molecule has 26 heavy (non-hydrogen) atoms. The van der Waals surface area contributed by atoms with Crippen LogP contribution in [0.25, 0.3) is 11.3 Å². The number of thiophene rings is 1. The molecule has 0 saturated carbocycles. The maximum absolute atomic E-state index is 12.7. The van der Waals surface area contributed by atoms with Gasteiger partial charge in [-0.25, -0.2) is 0 Å². The van der Waals surface area contributed by atoms with Crippen molar-refractivity contribution in [1.82, 2.24) is 15.1 Å². The van der Waals surface area contributed by atoms with E-state index in [0.29, 0.717) is 18.7 Å². The van der Waals surface area contributed by atoms with Gasteiger partial charge in [-0.1, -0.05) is 18.2 Å². The van der Waals surface area contributed by atoms with Crippen molar-refractivity contribution < 1.29 is 9.90 Å². The zero-order chi connectivity index (χ0) is 17.9. The third-order valence-corrected chi connectivity index (χ3v) is 5.99. The van der Waals surface area contributed by atoms with Crippen molar-refractivity contribution in [3.8, 4) is 11.3 Å². The molecule has 5 nitrogen and oxygen atoms in total. The Labute approximate surface area is 156 Å². The van der Waals surface area contributed by atoms with E-state index >= 15 is 0 Å². The van der Waals surface area contributed by atoms with Gasteiger partial charge in [0.15, 0.2) is 0 Å². The average molecular weight is 367 g/mol. The monoisotopic (exact) mass is 367 g/mol. The van der Waals surface area contributed by atoms with Crippen LogP contribution in [-0.4, -0.2) is 39.2 Å². The molecule has 2 N–H and O–H groups in total. The Balaban J connectivity index is 1.37. The second-order valence-electron chi connectivity index (χ2n) is 6.64. The Morgan fingerprint density at radius 1 is 1.19 bits per heavy atom. The summed E-state index contributed by atoms with van der Waals surface area (Å²) in [6.45, 7) is 1.38. The maximum atomic E-state index is 12.7. The number of amides is 1. The minimum Gasteiger partial charge on any atom is -0.387 e. The average Bonchev–Trinajstić information content (AvgIpc) is 3.41. The summed E-state index contributed by atoms with van der Waals surface area (Å²) in [4.78, 5) is 15.7. The zero-order valence-corrected chi connectivity index (χ0v) is 15.2. The van der Waals surface area contributed by atoms with Crippen LogP contribution in [0.5, 0.6) is 0 Å². The summed E-state index contributed by atoms with van der Waals surface area (Å²) < 4.78 is 0. The van der Waals surface area contributed by atoms with Gasteiger partial charge in [0, 0.05) is 29.7 Å². The van der Waals surface area contributed by atoms with E-state index in [1.807, 2.05) is 52.7 Å². The van der Waals surface area contributed by atoms with Gasteiger partial charge in [0.25, 0.3) is 5.91 Å². The number of carbonyl (C=O) groups is 1. The highest BCUT2D eigenvalue weighted by molar-refractivity contribution is 7.10. The molecule has 1 aliphatic rings. The SMILES string of the molecule is O=C(c1ccc(-c2ccn[nH]2)cc1)N1CCC([C@@H](O)c2cccs2)CC1. The first-order valence-electron chi connectivity index (χ1n) is 8.83. The minimum absolute atomic E-state index is 0.0604. The number of hydrogen-bond acceptors (Lipinski definition) is 4. The lowest BCUT2D eigenvalue weighted by Gasteiger charge is -2.34. The summed E-state index contributed by atoms with van der Waals surface area (Å²) in [6, 6.07) is 13.5. The van der Waals surface area contributed by atoms with E-state index in [9.17, 15) is 9.90 Å². The number of H-pyrrole nitrogens is 1. The van der Waals surface area contributed by atoms with Gasteiger partial charge >= 0.3 is 0 Å². The molecule has 3 aromatic rings. The standard InChI is InChI=1S/C20H21N3O2S/c24-19(18-2-1-13-26-18)15-8-11-23(12-9-15)20(25)16-5-3-14(4-6-16)17-7-10-21-22-17/h1-7,10,13,15,19,24H,8-9,11-12H2,(H,21,22)/t19-/m1/s1. The Bertz CT molecular complexity index is 836. The molecule has 0 spiro atoms. The molecule has 3 heterocycles. The van der Waals surface area contributed by atoms with Crippen molar-refractivity contribution in [2.45, 2.75) is 18.9 Å². The van der Waals surface area contributed by atoms with Gasteiger partial charge in [-0.15, -0.1) is 11.3 Å². The normalized spacial score (nSPS) is 16.6. The number of likely N-dealkylation sites (tertiary alicyclic amines) is 1. The lowest BCUT2D eigenvalue weighted by Crippen LogP contribution is -2.39. The lowest BCUT2D eigenvalue weighted by atomic mass is 9.90. The quantitative estimate of drug-likeness (QED) is 0.738. The summed E-state index contributed by atoms with van der Waals surface area (Å²) in [6.07, 6.45) is 2.96. The van der Waals surface area contributed by atoms with Crippen LogP contribution in [0.1, 0.15) is 34.2 Å². The lowest BCUT2D eigenvalue weighted by molar-refractivity contribution is 0.0474. The Kier molecular flexibility index (Phi) is 4.86. The molecule has 1 fully saturated rings. The smallest absolute Gasteiger partial charge is 0.253 e. The van der Waals surface area contributed by atoms with E-state index in [-0.39, 0.29) is 11.8 Å². The highest BCUT2D eigenvalue weighted by Gasteiger charge is 2.29. The molecule has 2 aromatic heterocycles. The number of benzene rings is 1. The van der Waals surface area contributed by atoms with Crippen LogP contribution in [0.4, 0.5) is 0 Å². The molecule has 0 aliphatic carbocycles. The third kappa shape index (κ3) is 3.43. The number of aromatic nitrogens is 2. The molecule has 4 rings (SSSR count). The third-order valence-electron chi connectivity index (χ3n) is 5.05. The van der Waals surface area contributed by atoms with Crippen molar-refractivity contribution in [1.29, 1.82) is 0 Å². The first-order valence-corrected chi connectivity index (χ1v) is 9.71. The van der Waals surface area contributed by atoms with Crippen LogP contribution >= 0.6 is 11.3 Å². The number of rotatable bonds is 4. The number of aliphatic hydroxyl groups is 1. The summed E-state index contributed by atoms with van der Waals surface area (Å²) in [5, 5.41) is 19.4. The van der Waals surface area contributed by atoms with E-state index in [4.69, 9.17) is 0 Å². The molecular formula is C20H21N3O2S. The molecule has 134 valence electrons. The van der Waals surface area contributed by atoms with Crippen LogP contribution in [0, 0.1) is 5.92 Å². The number of aliphatic hydroxyl groups excluding tert-OH is 1. The van der Waals surface area contributed by atoms with Crippen molar-refractivity contribution >= 4 is 17.2 Å². The number of hydrogen-bond donors (Lipinski definition) is 2. The second-order valence-corrected chi connectivity index (χ2v) is 7.62. The summed E-state index contributed by atoms with van der Waals surface area (Å²) >= 11 is 1.59. The fraction of sp³-hybridized carbons (Fsp3) is 0.300. The highest BCUT2D eigenvalue weighted by atomic mass is 32.1. The van der Waals surface area contributed by atoms with Crippen molar-refractivity contribution in [2.24, 2.45) is 5.92 Å². The van der Waals surface area contributed by atoms with Gasteiger partial charge in [0.1, 0.15) is 0 Å². The maximum Gasteiger partial charge on any atom is 0.253 e. The van der Waals surface area contributed by atoms with Crippen LogP contribution in [0.2, 0.25) is 0 Å². The fourth-order valence-electron chi connectivity index (χ4n) is 3.50. The number of piperidine rings is 1. The predicted molar refractivity (Wildman–Crippen MR) is 102 cm³/mol. The number of nitrogens with zero attached hydrogens (tertiary/aromatic N) is 2. The number of carbonyl (C=O) groups excluding carboxylic acids is 1. The van der Waals surface area contributed by atoms with Crippen LogP contribution in [0.3, 0.4) is 0 Å². The van der Waals surface area contributed by atoms with Crippen LogP contribution in [0.15, 0.2) is 54.0 Å². The van der Waals surface area contributed by atoms with Gasteiger partial charge in [-0.2, -0.15) is 5.10 Å². The minimum atomic E-state index is -0.416. The predicted octanol–water partition coefficient (Wildman–Crippen LogP) is 3.72. The molecular weight excluding hydrogens is 346 g/mol. The van der Waals surface area contributed by atoms with Gasteiger partial charge in [0.2, 0.25) is 0 Å². The van der Waals surface area contributed by atoms with Gasteiger partial charge in [0.05, 0.1) is 11.8 Å². The van der Waals surface area contributed by atoms with E-state index in [1.165, 1.54) is 0 Å². The number of nitrogens with one attached hydrogen (secondary N) is 1. The summed E-state index contributed by atoms with van der Waals surface area (Å²) in [5.41, 5.74) is 2.65. The molecule has 1 aliphatic heterocycles. The van der Waals surface area contributed by atoms with Gasteiger partial charge in [-0.05, 0) is 54.0 Å². The first-order chi connectivity index (χ1) is 12.7. The molecule has 6 heteroatoms. The Morgan fingerprint density at radius 3 is 2.58 bits per heavy atom. The molecule has 0 bridgehead atoms. The van der Waals surface area contributed by atoms with Crippen molar-refractivity contribution in [2.75, 3.05) is 13.1 Å². The molecule has 1 amide bonds. The Morgan fingerprint density at radius 2 is 1.96 bits per heavy atom. The van der Waals surface area contributed by atoms with E-state index in [2.05, 4.69) is 10.2 Å². The van der Waals surface area contributed by atoms with Gasteiger partial charge < -0.3 is 10.0 Å². The topological polar surface area (TPSA) is 69.2 Å². The summed E-state index contributed by atoms with van der Waals surface area (Å²) in [7, 11) is 0. The van der Waals surface area contributed by atoms with Gasteiger partial charge in [-0.3, -0.25) is 9.89 Å².